The van der Waals surface area contributed by atoms with Crippen molar-refractivity contribution in [3.63, 3.8) is 0 Å². The highest BCUT2D eigenvalue weighted by atomic mass is 19.4. The number of nitrogens with two attached hydrogens (primary N) is 1. The molecule has 0 aromatic heterocycles. The normalized spacial score (nSPS) is 20.5. The quantitative estimate of drug-likeness (QED) is 0.727. The Morgan fingerprint density at radius 3 is 2.72 bits per heavy atom. The first-order chi connectivity index (χ1) is 11.8. The third-order valence-electron chi connectivity index (χ3n) is 3.77. The predicted octanol–water partition coefficient (Wildman–Crippen LogP) is 2.18. The van der Waals surface area contributed by atoms with Gasteiger partial charge in [-0.15, -0.1) is 0 Å². The maximum absolute atomic E-state index is 12.9. The minimum absolute atomic E-state index is 0.0595. The second kappa shape index (κ2) is 8.50. The fourth-order valence-corrected chi connectivity index (χ4v) is 2.45. The van der Waals surface area contributed by atoms with Crippen LogP contribution in [0.5, 0.6) is 5.75 Å². The van der Waals surface area contributed by atoms with Crippen LogP contribution in [-0.2, 0) is 20.4 Å². The van der Waals surface area contributed by atoms with Crippen molar-refractivity contribution in [1.29, 1.82) is 0 Å². The SMILES string of the molecule is COCCOc1ccc(C(F)(F)F)cc1NC(=O)[C@@H]1CC[C@H](CN)O1. The Hall–Kier alpha value is -1.84. The minimum Gasteiger partial charge on any atom is -0.489 e. The molecule has 0 bridgehead atoms. The van der Waals surface area contributed by atoms with Crippen molar-refractivity contribution >= 4 is 11.6 Å². The molecule has 0 saturated carbocycles. The monoisotopic (exact) mass is 362 g/mol. The molecule has 6 nitrogen and oxygen atoms in total. The van der Waals surface area contributed by atoms with Gasteiger partial charge in [-0.3, -0.25) is 4.79 Å². The number of ether oxygens (including phenoxy) is 3. The average Bonchev–Trinajstić information content (AvgIpc) is 3.04. The summed E-state index contributed by atoms with van der Waals surface area (Å²) in [6, 6.07) is 2.91. The van der Waals surface area contributed by atoms with E-state index in [9.17, 15) is 18.0 Å². The Morgan fingerprint density at radius 2 is 2.12 bits per heavy atom. The van der Waals surface area contributed by atoms with E-state index in [-0.39, 0.29) is 30.8 Å². The number of methoxy groups -OCH3 is 1. The Labute approximate surface area is 143 Å². The van der Waals surface area contributed by atoms with E-state index in [1.54, 1.807) is 0 Å². The summed E-state index contributed by atoms with van der Waals surface area (Å²) in [5.41, 5.74) is 4.56. The summed E-state index contributed by atoms with van der Waals surface area (Å²) in [7, 11) is 1.48. The molecule has 1 aliphatic heterocycles. The highest BCUT2D eigenvalue weighted by molar-refractivity contribution is 5.95. The molecule has 1 aromatic rings. The molecule has 1 heterocycles. The van der Waals surface area contributed by atoms with Crippen molar-refractivity contribution in [1.82, 2.24) is 0 Å². The molecule has 1 saturated heterocycles. The van der Waals surface area contributed by atoms with Crippen LogP contribution in [0.2, 0.25) is 0 Å². The maximum atomic E-state index is 12.9. The first kappa shape index (κ1) is 19.5. The molecular weight excluding hydrogens is 341 g/mol. The zero-order valence-corrected chi connectivity index (χ0v) is 13.8. The van der Waals surface area contributed by atoms with Gasteiger partial charge in [-0.25, -0.2) is 0 Å². The predicted molar refractivity (Wildman–Crippen MR) is 84.4 cm³/mol. The number of alkyl halides is 3. The number of carbonyl (C=O) groups is 1. The van der Waals surface area contributed by atoms with Gasteiger partial charge in [-0.1, -0.05) is 0 Å². The van der Waals surface area contributed by atoms with E-state index in [2.05, 4.69) is 5.32 Å². The lowest BCUT2D eigenvalue weighted by molar-refractivity contribution is -0.137. The van der Waals surface area contributed by atoms with Crippen molar-refractivity contribution in [2.45, 2.75) is 31.2 Å². The summed E-state index contributed by atoms with van der Waals surface area (Å²) in [6.45, 7) is 0.691. The van der Waals surface area contributed by atoms with E-state index in [4.69, 9.17) is 19.9 Å². The number of amides is 1. The lowest BCUT2D eigenvalue weighted by atomic mass is 10.1. The highest BCUT2D eigenvalue weighted by Crippen LogP contribution is 2.35. The number of halogens is 3. The molecule has 1 aromatic carbocycles. The van der Waals surface area contributed by atoms with Crippen molar-refractivity contribution in [2.24, 2.45) is 5.73 Å². The van der Waals surface area contributed by atoms with E-state index in [1.165, 1.54) is 13.2 Å². The summed E-state index contributed by atoms with van der Waals surface area (Å²) >= 11 is 0. The Bertz CT molecular complexity index is 595. The molecular formula is C16H21F3N2O4. The lowest BCUT2D eigenvalue weighted by Crippen LogP contribution is -2.30. The Balaban J connectivity index is 2.15. The van der Waals surface area contributed by atoms with Crippen molar-refractivity contribution in [3.05, 3.63) is 23.8 Å². The largest absolute Gasteiger partial charge is 0.489 e. The van der Waals surface area contributed by atoms with Gasteiger partial charge in [0.05, 0.1) is 24.0 Å². The first-order valence-electron chi connectivity index (χ1n) is 7.84. The van der Waals surface area contributed by atoms with Crippen LogP contribution in [-0.4, -0.2) is 45.0 Å². The fourth-order valence-electron chi connectivity index (χ4n) is 2.45. The van der Waals surface area contributed by atoms with Gasteiger partial charge in [0.15, 0.2) is 0 Å². The number of hydrogen-bond acceptors (Lipinski definition) is 5. The topological polar surface area (TPSA) is 82.8 Å². The minimum atomic E-state index is -4.53. The summed E-state index contributed by atoms with van der Waals surface area (Å²) in [4.78, 5) is 12.3. The number of carbonyl (C=O) groups excluding carboxylic acids is 1. The van der Waals surface area contributed by atoms with E-state index < -0.39 is 23.8 Å². The number of anilines is 1. The number of benzene rings is 1. The van der Waals surface area contributed by atoms with Gasteiger partial charge >= 0.3 is 6.18 Å². The van der Waals surface area contributed by atoms with Crippen molar-refractivity contribution in [3.8, 4) is 5.75 Å². The van der Waals surface area contributed by atoms with Crippen LogP contribution in [0.1, 0.15) is 18.4 Å². The summed E-state index contributed by atoms with van der Waals surface area (Å²) in [5.74, 6) is -0.390. The van der Waals surface area contributed by atoms with Crippen LogP contribution in [0.25, 0.3) is 0 Å². The van der Waals surface area contributed by atoms with E-state index in [1.807, 2.05) is 0 Å². The molecule has 2 rings (SSSR count). The van der Waals surface area contributed by atoms with Crippen LogP contribution in [0.15, 0.2) is 18.2 Å². The molecule has 3 N–H and O–H groups in total. The highest BCUT2D eigenvalue weighted by Gasteiger charge is 2.33. The second-order valence-electron chi connectivity index (χ2n) is 5.60. The van der Waals surface area contributed by atoms with Crippen molar-refractivity contribution in [2.75, 3.05) is 32.2 Å². The number of hydrogen-bond donors (Lipinski definition) is 2. The standard InChI is InChI=1S/C16H21F3N2O4/c1-23-6-7-24-13-4-2-10(16(17,18)19)8-12(13)21-15(22)14-5-3-11(9-20)25-14/h2,4,8,11,14H,3,5-7,9,20H2,1H3,(H,21,22)/t11-,14+/m1/s1. The molecule has 25 heavy (non-hydrogen) atoms. The van der Waals surface area contributed by atoms with Gasteiger partial charge < -0.3 is 25.3 Å². The lowest BCUT2D eigenvalue weighted by Gasteiger charge is -2.17. The average molecular weight is 362 g/mol. The van der Waals surface area contributed by atoms with Gasteiger partial charge in [-0.2, -0.15) is 13.2 Å². The van der Waals surface area contributed by atoms with E-state index in [0.717, 1.165) is 12.1 Å². The summed E-state index contributed by atoms with van der Waals surface area (Å²) in [5, 5.41) is 2.47. The Morgan fingerprint density at radius 1 is 1.36 bits per heavy atom. The molecule has 140 valence electrons. The fraction of sp³-hybridized carbons (Fsp3) is 0.562. The van der Waals surface area contributed by atoms with Gasteiger partial charge in [-0.05, 0) is 31.0 Å². The summed E-state index contributed by atoms with van der Waals surface area (Å²) < 4.78 is 54.5. The van der Waals surface area contributed by atoms with Crippen LogP contribution >= 0.6 is 0 Å². The number of nitrogens with one attached hydrogen (secondary N) is 1. The molecule has 1 amide bonds. The van der Waals surface area contributed by atoms with Crippen LogP contribution < -0.4 is 15.8 Å². The molecule has 1 aliphatic rings. The van der Waals surface area contributed by atoms with Crippen LogP contribution in [0.3, 0.4) is 0 Å². The number of rotatable bonds is 7. The molecule has 0 spiro atoms. The zero-order valence-electron chi connectivity index (χ0n) is 13.8. The van der Waals surface area contributed by atoms with Crippen molar-refractivity contribution < 1.29 is 32.2 Å². The summed E-state index contributed by atoms with van der Waals surface area (Å²) in [6.07, 6.45) is -4.38. The van der Waals surface area contributed by atoms with E-state index >= 15 is 0 Å². The molecule has 2 atom stereocenters. The van der Waals surface area contributed by atoms with E-state index in [0.29, 0.717) is 19.4 Å². The molecule has 0 aliphatic carbocycles. The zero-order chi connectivity index (χ0) is 18.4. The second-order valence-corrected chi connectivity index (χ2v) is 5.60. The maximum Gasteiger partial charge on any atom is 0.416 e. The smallest absolute Gasteiger partial charge is 0.416 e. The molecule has 9 heteroatoms. The third kappa shape index (κ3) is 5.32. The van der Waals surface area contributed by atoms with Gasteiger partial charge in [0.2, 0.25) is 0 Å². The first-order valence-corrected chi connectivity index (χ1v) is 7.84. The van der Waals surface area contributed by atoms with Crippen LogP contribution in [0, 0.1) is 0 Å². The van der Waals surface area contributed by atoms with Gasteiger partial charge in [0.25, 0.3) is 5.91 Å². The van der Waals surface area contributed by atoms with Gasteiger partial charge in [0, 0.05) is 13.7 Å². The molecule has 1 fully saturated rings. The molecule has 0 unspecified atom stereocenters. The molecule has 0 radical (unpaired) electrons. The van der Waals surface area contributed by atoms with Gasteiger partial charge in [0.1, 0.15) is 18.5 Å². The third-order valence-corrected chi connectivity index (χ3v) is 3.77. The Kier molecular flexibility index (Phi) is 6.63. The van der Waals surface area contributed by atoms with Crippen LogP contribution in [0.4, 0.5) is 18.9 Å².